The van der Waals surface area contributed by atoms with Crippen LogP contribution in [0.2, 0.25) is 0 Å². The van der Waals surface area contributed by atoms with E-state index in [0.717, 1.165) is 11.3 Å². The van der Waals surface area contributed by atoms with Gasteiger partial charge in [0.1, 0.15) is 12.1 Å². The molecule has 4 rings (SSSR count). The van der Waals surface area contributed by atoms with E-state index in [1.165, 1.54) is 15.4 Å². The van der Waals surface area contributed by atoms with Gasteiger partial charge in [0.15, 0.2) is 16.8 Å². The molecule has 114 valence electrons. The molecule has 0 N–H and O–H groups in total. The van der Waals surface area contributed by atoms with Crippen LogP contribution in [0.5, 0.6) is 5.75 Å². The van der Waals surface area contributed by atoms with Gasteiger partial charge >= 0.3 is 0 Å². The van der Waals surface area contributed by atoms with E-state index in [9.17, 15) is 4.79 Å². The fourth-order valence-electron chi connectivity index (χ4n) is 2.39. The molecule has 3 heterocycles. The van der Waals surface area contributed by atoms with Crippen molar-refractivity contribution in [3.8, 4) is 5.75 Å². The van der Waals surface area contributed by atoms with Crippen molar-refractivity contribution in [2.75, 3.05) is 7.11 Å². The van der Waals surface area contributed by atoms with Gasteiger partial charge in [0.25, 0.3) is 5.56 Å². The Bertz CT molecular complexity index is 1050. The van der Waals surface area contributed by atoms with Gasteiger partial charge in [0.2, 0.25) is 0 Å². The van der Waals surface area contributed by atoms with Gasteiger partial charge in [-0.15, -0.1) is 10.2 Å². The van der Waals surface area contributed by atoms with Gasteiger partial charge in [-0.05, 0) is 17.7 Å². The molecule has 0 unspecified atom stereocenters. The summed E-state index contributed by atoms with van der Waals surface area (Å²) in [6.45, 7) is 0.393. The van der Waals surface area contributed by atoms with Crippen molar-refractivity contribution in [3.63, 3.8) is 0 Å². The van der Waals surface area contributed by atoms with Gasteiger partial charge in [0, 0.05) is 6.07 Å². The zero-order valence-corrected chi connectivity index (χ0v) is 12.2. The number of ether oxygens (including phenoxy) is 1. The fraction of sp³-hybridized carbons (Fsp3) is 0.133. The van der Waals surface area contributed by atoms with Crippen molar-refractivity contribution in [2.24, 2.45) is 0 Å². The molecular weight excluding hydrogens is 296 g/mol. The van der Waals surface area contributed by atoms with Crippen molar-refractivity contribution in [1.29, 1.82) is 0 Å². The molecule has 8 nitrogen and oxygen atoms in total. The maximum Gasteiger partial charge on any atom is 0.283 e. The Morgan fingerprint density at radius 3 is 2.74 bits per heavy atom. The Morgan fingerprint density at radius 2 is 1.96 bits per heavy atom. The van der Waals surface area contributed by atoms with Crippen LogP contribution in [-0.2, 0) is 6.54 Å². The third kappa shape index (κ3) is 2.20. The van der Waals surface area contributed by atoms with E-state index in [2.05, 4.69) is 20.3 Å². The summed E-state index contributed by atoms with van der Waals surface area (Å²) < 4.78 is 8.12. The molecule has 0 aliphatic rings. The average Bonchev–Trinajstić information content (AvgIpc) is 3.07. The highest BCUT2D eigenvalue weighted by Crippen LogP contribution is 2.12. The fourth-order valence-corrected chi connectivity index (χ4v) is 2.39. The van der Waals surface area contributed by atoms with Crippen molar-refractivity contribution >= 4 is 16.8 Å². The average molecular weight is 308 g/mol. The molecule has 8 heteroatoms. The van der Waals surface area contributed by atoms with E-state index in [-0.39, 0.29) is 11.1 Å². The molecule has 0 saturated heterocycles. The lowest BCUT2D eigenvalue weighted by atomic mass is 10.2. The van der Waals surface area contributed by atoms with Gasteiger partial charge in [0.05, 0.1) is 19.9 Å². The number of rotatable bonds is 3. The number of benzene rings is 1. The molecule has 0 bridgehead atoms. The monoisotopic (exact) mass is 308 g/mol. The van der Waals surface area contributed by atoms with Crippen LogP contribution in [0.15, 0.2) is 47.7 Å². The van der Waals surface area contributed by atoms with E-state index < -0.39 is 0 Å². The van der Waals surface area contributed by atoms with E-state index >= 15 is 0 Å². The molecule has 0 aliphatic heterocycles. The normalized spacial score (nSPS) is 11.2. The smallest absolute Gasteiger partial charge is 0.283 e. The number of fused-ring (bicyclic) bond motifs is 3. The minimum Gasteiger partial charge on any atom is -0.497 e. The second kappa shape index (κ2) is 5.16. The van der Waals surface area contributed by atoms with Crippen LogP contribution in [0.25, 0.3) is 16.8 Å². The molecule has 1 aromatic carbocycles. The van der Waals surface area contributed by atoms with Crippen molar-refractivity contribution < 1.29 is 4.74 Å². The Kier molecular flexibility index (Phi) is 3.00. The van der Waals surface area contributed by atoms with Gasteiger partial charge in [-0.3, -0.25) is 9.36 Å². The van der Waals surface area contributed by atoms with Crippen LogP contribution >= 0.6 is 0 Å². The first-order valence-electron chi connectivity index (χ1n) is 6.95. The van der Waals surface area contributed by atoms with E-state index in [1.54, 1.807) is 19.4 Å². The highest BCUT2D eigenvalue weighted by molar-refractivity contribution is 5.70. The lowest BCUT2D eigenvalue weighted by Gasteiger charge is -2.07. The molecule has 0 spiro atoms. The molecule has 0 saturated carbocycles. The largest absolute Gasteiger partial charge is 0.497 e. The number of hydrogen-bond donors (Lipinski definition) is 0. The Hall–Kier alpha value is -3.29. The predicted octanol–water partition coefficient (Wildman–Crippen LogP) is 0.891. The molecule has 0 atom stereocenters. The van der Waals surface area contributed by atoms with Gasteiger partial charge in [-0.1, -0.05) is 12.1 Å². The highest BCUT2D eigenvalue weighted by Gasteiger charge is 2.11. The Balaban J connectivity index is 1.79. The van der Waals surface area contributed by atoms with E-state index in [4.69, 9.17) is 4.74 Å². The van der Waals surface area contributed by atoms with Crippen LogP contribution in [-0.4, -0.2) is 36.5 Å². The number of nitrogens with zero attached hydrogens (tertiary/aromatic N) is 6. The summed E-state index contributed by atoms with van der Waals surface area (Å²) in [4.78, 5) is 16.9. The minimum atomic E-state index is -0.254. The van der Waals surface area contributed by atoms with Crippen molar-refractivity contribution in [2.45, 2.75) is 6.54 Å². The van der Waals surface area contributed by atoms with Gasteiger partial charge < -0.3 is 4.74 Å². The Labute approximate surface area is 130 Å². The first-order chi connectivity index (χ1) is 11.3. The van der Waals surface area contributed by atoms with Crippen LogP contribution in [0, 0.1) is 0 Å². The SMILES string of the molecule is COc1ccc(Cn2cnc3c(nnc4ccnn43)c2=O)cc1. The summed E-state index contributed by atoms with van der Waals surface area (Å²) in [5.74, 6) is 0.768. The lowest BCUT2D eigenvalue weighted by Crippen LogP contribution is -2.23. The van der Waals surface area contributed by atoms with E-state index in [0.29, 0.717) is 17.8 Å². The second-order valence-corrected chi connectivity index (χ2v) is 5.00. The highest BCUT2D eigenvalue weighted by atomic mass is 16.5. The third-order valence-corrected chi connectivity index (χ3v) is 3.58. The summed E-state index contributed by atoms with van der Waals surface area (Å²) in [5, 5.41) is 12.1. The quantitative estimate of drug-likeness (QED) is 0.558. The van der Waals surface area contributed by atoms with Gasteiger partial charge in [-0.25, -0.2) is 4.98 Å². The zero-order valence-electron chi connectivity index (χ0n) is 12.2. The third-order valence-electron chi connectivity index (χ3n) is 3.58. The van der Waals surface area contributed by atoms with Crippen molar-refractivity contribution in [1.82, 2.24) is 29.4 Å². The molecular formula is C15H12N6O2. The number of aromatic nitrogens is 6. The molecule has 0 fully saturated rings. The maximum atomic E-state index is 12.6. The summed E-state index contributed by atoms with van der Waals surface area (Å²) in [6.07, 6.45) is 3.09. The number of methoxy groups -OCH3 is 1. The first-order valence-corrected chi connectivity index (χ1v) is 6.95. The standard InChI is InChI=1S/C15H12N6O2/c1-23-11-4-2-10(3-5-11)8-20-9-16-14-13(15(20)22)19-18-12-6-7-17-21(12)14/h2-7,9H,8H2,1H3. The number of hydrogen-bond acceptors (Lipinski definition) is 6. The molecule has 23 heavy (non-hydrogen) atoms. The van der Waals surface area contributed by atoms with Crippen LogP contribution in [0.3, 0.4) is 0 Å². The summed E-state index contributed by atoms with van der Waals surface area (Å²) in [5.41, 5.74) is 1.85. The predicted molar refractivity (Wildman–Crippen MR) is 82.4 cm³/mol. The summed E-state index contributed by atoms with van der Waals surface area (Å²) >= 11 is 0. The van der Waals surface area contributed by atoms with Crippen LogP contribution in [0.1, 0.15) is 5.56 Å². The molecule has 4 aromatic rings. The lowest BCUT2D eigenvalue weighted by molar-refractivity contribution is 0.414. The zero-order chi connectivity index (χ0) is 15.8. The molecule has 0 aliphatic carbocycles. The molecule has 3 aromatic heterocycles. The minimum absolute atomic E-state index is 0.192. The van der Waals surface area contributed by atoms with Gasteiger partial charge in [-0.2, -0.15) is 9.61 Å². The molecule has 0 radical (unpaired) electrons. The van der Waals surface area contributed by atoms with E-state index in [1.807, 2.05) is 24.3 Å². The van der Waals surface area contributed by atoms with Crippen LogP contribution in [0.4, 0.5) is 0 Å². The first kappa shape index (κ1) is 13.4. The van der Waals surface area contributed by atoms with Crippen LogP contribution < -0.4 is 10.3 Å². The second-order valence-electron chi connectivity index (χ2n) is 5.00. The topological polar surface area (TPSA) is 87.2 Å². The summed E-state index contributed by atoms with van der Waals surface area (Å²) in [6, 6.07) is 9.20. The van der Waals surface area contributed by atoms with Crippen molar-refractivity contribution in [3.05, 3.63) is 58.8 Å². The maximum absolute atomic E-state index is 12.6. The Morgan fingerprint density at radius 1 is 1.13 bits per heavy atom. The molecule has 0 amide bonds. The summed E-state index contributed by atoms with van der Waals surface area (Å²) in [7, 11) is 1.61.